The Balaban J connectivity index is 1.64. The molecule has 0 unspecified atom stereocenters. The van der Waals surface area contributed by atoms with Gasteiger partial charge in [-0.1, -0.05) is 106 Å². The van der Waals surface area contributed by atoms with Crippen LogP contribution >= 0.6 is 0 Å². The third kappa shape index (κ3) is 8.29. The zero-order valence-corrected chi connectivity index (χ0v) is 28.8. The number of nitrogens with zero attached hydrogens (tertiary/aromatic N) is 2. The number of rotatable bonds is 7. The van der Waals surface area contributed by atoms with Gasteiger partial charge in [0.2, 0.25) is 0 Å². The highest BCUT2D eigenvalue weighted by atomic mass is 28.4. The predicted molar refractivity (Wildman–Crippen MR) is 182 cm³/mol. The zero-order chi connectivity index (χ0) is 33.0. The summed E-state index contributed by atoms with van der Waals surface area (Å²) >= 11 is 0. The third-order valence-corrected chi connectivity index (χ3v) is 12.0. The summed E-state index contributed by atoms with van der Waals surface area (Å²) in [6.07, 6.45) is -1.41. The van der Waals surface area contributed by atoms with Crippen molar-refractivity contribution in [1.29, 1.82) is 0 Å². The molecule has 1 heterocycles. The third-order valence-electron chi connectivity index (χ3n) is 7.03. The number of anilines is 1. The smallest absolute Gasteiger partial charge is 0.437 e. The minimum absolute atomic E-state index is 0.137. The van der Waals surface area contributed by atoms with E-state index in [1.807, 2.05) is 36.4 Å². The Kier molecular flexibility index (Phi) is 9.75. The zero-order valence-electron chi connectivity index (χ0n) is 27.8. The van der Waals surface area contributed by atoms with Crippen LogP contribution in [-0.2, 0) is 20.5 Å². The number of nitrogens with one attached hydrogen (secondary N) is 1. The highest BCUT2D eigenvalue weighted by Gasteiger charge is 2.50. The molecule has 0 aliphatic carbocycles. The first-order valence-corrected chi connectivity index (χ1v) is 17.1. The van der Waals surface area contributed by atoms with Gasteiger partial charge < -0.3 is 13.9 Å². The van der Waals surface area contributed by atoms with Gasteiger partial charge in [-0.3, -0.25) is 5.32 Å². The number of ether oxygens (including phenoxy) is 2. The van der Waals surface area contributed by atoms with Crippen LogP contribution in [0.3, 0.4) is 0 Å². The number of carbonyl (C=O) groups is 2. The lowest BCUT2D eigenvalue weighted by atomic mass is 10.1. The number of amides is 1. The van der Waals surface area contributed by atoms with E-state index in [4.69, 9.17) is 13.9 Å². The Labute approximate surface area is 267 Å². The minimum atomic E-state index is -2.70. The maximum Gasteiger partial charge on any atom is 0.437 e. The van der Waals surface area contributed by atoms with Crippen LogP contribution in [0.5, 0.6) is 0 Å². The van der Waals surface area contributed by atoms with Crippen molar-refractivity contribution in [2.75, 3.05) is 5.32 Å². The molecule has 45 heavy (non-hydrogen) atoms. The standard InChI is InChI=1S/C36H45N3O5Si/c1-34(2,3)43-32(40)37-31-24-30(38-39(31)33(41)44-35(4,5)6)27-22-20-26(21-23-27)25-42-45(36(7,8)9,28-16-12-10-13-17-28)29-18-14-11-15-19-29/h10-24H,25H2,1-9H3,(H,37,40). The molecule has 8 nitrogen and oxygen atoms in total. The topological polar surface area (TPSA) is 91.7 Å². The molecule has 0 aliphatic heterocycles. The van der Waals surface area contributed by atoms with E-state index >= 15 is 0 Å². The molecule has 3 aromatic carbocycles. The Bertz CT molecular complexity index is 1560. The van der Waals surface area contributed by atoms with Gasteiger partial charge in [-0.05, 0) is 62.5 Å². The molecule has 0 bridgehead atoms. The van der Waals surface area contributed by atoms with Crippen LogP contribution < -0.4 is 15.7 Å². The van der Waals surface area contributed by atoms with Crippen LogP contribution in [0.2, 0.25) is 5.04 Å². The Hall–Kier alpha value is -4.21. The number of carbonyl (C=O) groups excluding carboxylic acids is 2. The first-order valence-electron chi connectivity index (χ1n) is 15.2. The number of aromatic nitrogens is 2. The van der Waals surface area contributed by atoms with Crippen molar-refractivity contribution >= 4 is 36.7 Å². The van der Waals surface area contributed by atoms with E-state index in [1.165, 1.54) is 10.4 Å². The molecule has 1 amide bonds. The lowest BCUT2D eigenvalue weighted by Gasteiger charge is -2.43. The van der Waals surface area contributed by atoms with Crippen molar-refractivity contribution in [2.45, 2.75) is 85.2 Å². The SMILES string of the molecule is CC(C)(C)OC(=O)Nc1cc(-c2ccc(CO[Si](c3ccccc3)(c3ccccc3)C(C)(C)C)cc2)nn1C(=O)OC(C)(C)C. The van der Waals surface area contributed by atoms with Gasteiger partial charge in [0.1, 0.15) is 17.0 Å². The van der Waals surface area contributed by atoms with Gasteiger partial charge in [-0.15, -0.1) is 4.68 Å². The van der Waals surface area contributed by atoms with E-state index in [1.54, 1.807) is 47.6 Å². The number of hydrogen-bond donors (Lipinski definition) is 1. The molecule has 0 aliphatic rings. The molecule has 0 saturated heterocycles. The summed E-state index contributed by atoms with van der Waals surface area (Å²) in [5, 5.41) is 9.43. The second-order valence-corrected chi connectivity index (χ2v) is 18.4. The van der Waals surface area contributed by atoms with Crippen LogP contribution in [0, 0.1) is 0 Å². The molecular weight excluding hydrogens is 582 g/mol. The van der Waals surface area contributed by atoms with Gasteiger partial charge in [-0.25, -0.2) is 9.59 Å². The predicted octanol–water partition coefficient (Wildman–Crippen LogP) is 7.76. The number of hydrogen-bond acceptors (Lipinski definition) is 6. The Morgan fingerprint density at radius 3 is 1.71 bits per heavy atom. The van der Waals surface area contributed by atoms with Gasteiger partial charge in [0.15, 0.2) is 0 Å². The number of benzene rings is 3. The largest absolute Gasteiger partial charge is 0.444 e. The maximum atomic E-state index is 13.0. The summed E-state index contributed by atoms with van der Waals surface area (Å²) in [6, 6.07) is 30.6. The fraction of sp³-hybridized carbons (Fsp3) is 0.361. The van der Waals surface area contributed by atoms with Gasteiger partial charge in [-0.2, -0.15) is 5.10 Å². The first-order chi connectivity index (χ1) is 21.0. The summed E-state index contributed by atoms with van der Waals surface area (Å²) in [5.74, 6) is 0.146. The quantitative estimate of drug-likeness (QED) is 0.211. The van der Waals surface area contributed by atoms with Gasteiger partial charge in [0, 0.05) is 11.6 Å². The summed E-state index contributed by atoms with van der Waals surface area (Å²) in [7, 11) is -2.70. The van der Waals surface area contributed by atoms with Crippen LogP contribution in [0.4, 0.5) is 15.4 Å². The summed E-state index contributed by atoms with van der Waals surface area (Å²) in [4.78, 5) is 25.6. The van der Waals surface area contributed by atoms with Crippen LogP contribution in [0.25, 0.3) is 11.3 Å². The first kappa shape index (κ1) is 33.7. The molecule has 238 valence electrons. The van der Waals surface area contributed by atoms with Gasteiger partial charge in [0.25, 0.3) is 8.32 Å². The van der Waals surface area contributed by atoms with E-state index in [0.29, 0.717) is 12.3 Å². The maximum absolute atomic E-state index is 13.0. The fourth-order valence-corrected chi connectivity index (χ4v) is 9.73. The van der Waals surface area contributed by atoms with Crippen LogP contribution in [0.1, 0.15) is 67.9 Å². The molecule has 4 rings (SSSR count). The molecule has 0 spiro atoms. The highest BCUT2D eigenvalue weighted by Crippen LogP contribution is 2.37. The molecule has 0 fully saturated rings. The van der Waals surface area contributed by atoms with Crippen molar-refractivity contribution in [3.05, 3.63) is 96.6 Å². The normalized spacial score (nSPS) is 12.5. The fourth-order valence-electron chi connectivity index (χ4n) is 5.19. The lowest BCUT2D eigenvalue weighted by molar-refractivity contribution is 0.0518. The van der Waals surface area contributed by atoms with Crippen molar-refractivity contribution in [2.24, 2.45) is 0 Å². The molecular formula is C36H45N3O5Si. The van der Waals surface area contributed by atoms with E-state index in [0.717, 1.165) is 15.8 Å². The van der Waals surface area contributed by atoms with Crippen molar-refractivity contribution in [1.82, 2.24) is 9.78 Å². The second-order valence-electron chi connectivity index (χ2n) is 14.1. The summed E-state index contributed by atoms with van der Waals surface area (Å²) in [6.45, 7) is 17.8. The van der Waals surface area contributed by atoms with E-state index in [2.05, 4.69) is 79.7 Å². The highest BCUT2D eigenvalue weighted by molar-refractivity contribution is 6.99. The van der Waals surface area contributed by atoms with Gasteiger partial charge in [0.05, 0.1) is 12.3 Å². The molecule has 0 saturated carbocycles. The van der Waals surface area contributed by atoms with Gasteiger partial charge >= 0.3 is 12.2 Å². The average molecular weight is 628 g/mol. The van der Waals surface area contributed by atoms with E-state index in [-0.39, 0.29) is 10.9 Å². The van der Waals surface area contributed by atoms with E-state index in [9.17, 15) is 9.59 Å². The monoisotopic (exact) mass is 627 g/mol. The Morgan fingerprint density at radius 2 is 1.24 bits per heavy atom. The molecule has 0 radical (unpaired) electrons. The second kappa shape index (κ2) is 13.0. The molecule has 1 aromatic heterocycles. The van der Waals surface area contributed by atoms with Crippen LogP contribution in [-0.4, -0.2) is 41.5 Å². The van der Waals surface area contributed by atoms with Crippen molar-refractivity contribution < 1.29 is 23.5 Å². The molecule has 9 heteroatoms. The summed E-state index contributed by atoms with van der Waals surface area (Å²) < 4.78 is 19.1. The minimum Gasteiger partial charge on any atom is -0.444 e. The van der Waals surface area contributed by atoms with Crippen LogP contribution in [0.15, 0.2) is 91.0 Å². The Morgan fingerprint density at radius 1 is 0.733 bits per heavy atom. The molecule has 0 atom stereocenters. The lowest BCUT2D eigenvalue weighted by Crippen LogP contribution is -2.66. The van der Waals surface area contributed by atoms with E-state index < -0.39 is 31.7 Å². The summed E-state index contributed by atoms with van der Waals surface area (Å²) in [5.41, 5.74) is 0.797. The molecule has 4 aromatic rings. The van der Waals surface area contributed by atoms with Crippen molar-refractivity contribution in [3.63, 3.8) is 0 Å². The average Bonchev–Trinajstić information content (AvgIpc) is 3.36. The van der Waals surface area contributed by atoms with Crippen molar-refractivity contribution in [3.8, 4) is 11.3 Å². The molecule has 1 N–H and O–H groups in total.